The average Bonchev–Trinajstić information content (AvgIpc) is 2.76. The van der Waals surface area contributed by atoms with E-state index >= 15 is 0 Å². The van der Waals surface area contributed by atoms with Crippen molar-refractivity contribution in [1.82, 2.24) is 0 Å². The molecule has 2 N–H and O–H groups in total. The molecule has 3 aromatic rings. The van der Waals surface area contributed by atoms with Crippen molar-refractivity contribution < 1.29 is 27.6 Å². The van der Waals surface area contributed by atoms with E-state index in [-0.39, 0.29) is 45.9 Å². The number of methoxy groups -OCH3 is 2. The first kappa shape index (κ1) is 25.4. The second kappa shape index (κ2) is 11.2. The van der Waals surface area contributed by atoms with Crippen LogP contribution in [0.3, 0.4) is 0 Å². The molecule has 3 rings (SSSR count). The maximum absolute atomic E-state index is 11.3. The van der Waals surface area contributed by atoms with E-state index in [1.165, 1.54) is 50.6 Å². The predicted octanol–water partition coefficient (Wildman–Crippen LogP) is 5.11. The minimum Gasteiger partial charge on any atom is -0.508 e. The second-order valence-corrected chi connectivity index (χ2v) is 7.51. The summed E-state index contributed by atoms with van der Waals surface area (Å²) in [5.41, 5.74) is 1.42. The van der Waals surface area contributed by atoms with Crippen LogP contribution in [-0.2, 0) is 10.1 Å². The van der Waals surface area contributed by atoms with Crippen molar-refractivity contribution in [2.24, 2.45) is 20.5 Å². The molecule has 0 atom stereocenters. The Bertz CT molecular complexity index is 1250. The van der Waals surface area contributed by atoms with E-state index in [1.807, 2.05) is 0 Å². The standard InChI is InChI=1S/C20H18N4O6S.Na/c1-29-19-12-18(24-22-14-4-3-5-16(10-14)31(26,27)28)20(30-2)11-17(19)23-21-13-6-8-15(25)9-7-13;/h3-12,25H,1-2H3,(H,26,27,28);. The third kappa shape index (κ3) is 6.58. The van der Waals surface area contributed by atoms with Crippen molar-refractivity contribution in [2.45, 2.75) is 4.90 Å². The van der Waals surface area contributed by atoms with Crippen LogP contribution >= 0.6 is 0 Å². The Morgan fingerprint density at radius 1 is 0.750 bits per heavy atom. The smallest absolute Gasteiger partial charge is 0.294 e. The number of hydrogen-bond donors (Lipinski definition) is 2. The molecule has 0 saturated heterocycles. The van der Waals surface area contributed by atoms with Crippen LogP contribution in [0.1, 0.15) is 0 Å². The summed E-state index contributed by atoms with van der Waals surface area (Å²) in [7, 11) is -1.45. The number of hydrogen-bond acceptors (Lipinski definition) is 9. The number of ether oxygens (including phenoxy) is 2. The van der Waals surface area contributed by atoms with E-state index < -0.39 is 10.1 Å². The Balaban J connectivity index is 0.00000363. The van der Waals surface area contributed by atoms with Crippen LogP contribution < -0.4 is 9.47 Å². The van der Waals surface area contributed by atoms with Crippen LogP contribution in [0.2, 0.25) is 0 Å². The van der Waals surface area contributed by atoms with Crippen molar-refractivity contribution in [2.75, 3.05) is 14.2 Å². The molecule has 12 heteroatoms. The van der Waals surface area contributed by atoms with E-state index in [0.717, 1.165) is 0 Å². The van der Waals surface area contributed by atoms with Gasteiger partial charge in [-0.25, -0.2) is 0 Å². The Morgan fingerprint density at radius 3 is 1.78 bits per heavy atom. The summed E-state index contributed by atoms with van der Waals surface area (Å²) in [6, 6.07) is 14.7. The molecule has 0 fully saturated rings. The Hall–Kier alpha value is -2.83. The van der Waals surface area contributed by atoms with Gasteiger partial charge in [0.25, 0.3) is 10.1 Å². The van der Waals surface area contributed by atoms with Gasteiger partial charge in [0.1, 0.15) is 28.6 Å². The van der Waals surface area contributed by atoms with Gasteiger partial charge in [-0.3, -0.25) is 4.55 Å². The van der Waals surface area contributed by atoms with Crippen molar-refractivity contribution in [1.29, 1.82) is 0 Å². The first-order valence-corrected chi connectivity index (χ1v) is 10.2. The summed E-state index contributed by atoms with van der Waals surface area (Å²) < 4.78 is 42.4. The van der Waals surface area contributed by atoms with E-state index in [0.29, 0.717) is 28.6 Å². The summed E-state index contributed by atoms with van der Waals surface area (Å²) in [6.45, 7) is 0. The van der Waals surface area contributed by atoms with Crippen LogP contribution in [0.4, 0.5) is 22.7 Å². The van der Waals surface area contributed by atoms with Crippen LogP contribution in [0, 0.1) is 0 Å². The fourth-order valence-corrected chi connectivity index (χ4v) is 2.99. The third-order valence-corrected chi connectivity index (χ3v) is 4.84. The summed E-state index contributed by atoms with van der Waals surface area (Å²) in [4.78, 5) is -0.293. The fraction of sp³-hybridized carbons (Fsp3) is 0.100. The zero-order chi connectivity index (χ0) is 22.4. The normalized spacial score (nSPS) is 11.5. The first-order valence-electron chi connectivity index (χ1n) is 8.76. The molecule has 1 radical (unpaired) electrons. The van der Waals surface area contributed by atoms with E-state index in [9.17, 15) is 13.5 Å². The molecule has 0 aliphatic rings. The monoisotopic (exact) mass is 465 g/mol. The molecule has 0 spiro atoms. The average molecular weight is 465 g/mol. The van der Waals surface area contributed by atoms with Gasteiger partial charge in [0.05, 0.1) is 30.5 Å². The van der Waals surface area contributed by atoms with E-state index in [4.69, 9.17) is 14.0 Å². The van der Waals surface area contributed by atoms with Gasteiger partial charge in [0.15, 0.2) is 0 Å². The van der Waals surface area contributed by atoms with Crippen LogP contribution in [0.25, 0.3) is 0 Å². The van der Waals surface area contributed by atoms with Crippen molar-refractivity contribution in [3.63, 3.8) is 0 Å². The van der Waals surface area contributed by atoms with E-state index in [2.05, 4.69) is 20.5 Å². The minimum atomic E-state index is -4.35. The number of azo groups is 2. The molecule has 10 nitrogen and oxygen atoms in total. The SMILES string of the molecule is COc1cc(N=Nc2cccc(S(=O)(=O)O)c2)c(OC)cc1N=Nc1ccc(O)cc1.[Na]. The van der Waals surface area contributed by atoms with Gasteiger partial charge in [-0.15, -0.1) is 10.2 Å². The zero-order valence-electron chi connectivity index (χ0n) is 17.5. The summed E-state index contributed by atoms with van der Waals surface area (Å²) in [5.74, 6) is 0.800. The largest absolute Gasteiger partial charge is 0.508 e. The molecule has 0 unspecified atom stereocenters. The molecule has 3 aromatic carbocycles. The van der Waals surface area contributed by atoms with Gasteiger partial charge in [-0.2, -0.15) is 18.6 Å². The topological polar surface area (TPSA) is 142 Å². The number of benzene rings is 3. The summed E-state index contributed by atoms with van der Waals surface area (Å²) in [6.07, 6.45) is 0. The van der Waals surface area contributed by atoms with Gasteiger partial charge >= 0.3 is 0 Å². The third-order valence-electron chi connectivity index (χ3n) is 3.99. The zero-order valence-corrected chi connectivity index (χ0v) is 20.3. The number of rotatable bonds is 7. The Kier molecular flexibility index (Phi) is 8.87. The van der Waals surface area contributed by atoms with Gasteiger partial charge in [0.2, 0.25) is 0 Å². The molecular weight excluding hydrogens is 447 g/mol. The number of nitrogens with zero attached hydrogens (tertiary/aromatic N) is 4. The Labute approximate surface area is 206 Å². The number of phenolic OH excluding ortho intramolecular Hbond substituents is 1. The van der Waals surface area contributed by atoms with Gasteiger partial charge in [0, 0.05) is 41.7 Å². The summed E-state index contributed by atoms with van der Waals surface area (Å²) >= 11 is 0. The van der Waals surface area contributed by atoms with Crippen molar-refractivity contribution >= 4 is 62.4 Å². The minimum absolute atomic E-state index is 0. The summed E-state index contributed by atoms with van der Waals surface area (Å²) in [5, 5.41) is 25.7. The van der Waals surface area contributed by atoms with Crippen LogP contribution in [0.5, 0.6) is 17.2 Å². The molecule has 0 aliphatic heterocycles. The molecule has 32 heavy (non-hydrogen) atoms. The molecule has 0 heterocycles. The molecule has 0 saturated carbocycles. The van der Waals surface area contributed by atoms with Gasteiger partial charge in [-0.1, -0.05) is 6.07 Å². The Morgan fingerprint density at radius 2 is 1.28 bits per heavy atom. The molecular formula is C20H18N4NaO6S. The number of phenols is 1. The van der Waals surface area contributed by atoms with Gasteiger partial charge < -0.3 is 14.6 Å². The first-order chi connectivity index (χ1) is 14.8. The second-order valence-electron chi connectivity index (χ2n) is 6.08. The van der Waals surface area contributed by atoms with Crippen molar-refractivity contribution in [3.8, 4) is 17.2 Å². The molecule has 0 aliphatic carbocycles. The predicted molar refractivity (Wildman–Crippen MR) is 118 cm³/mol. The maximum Gasteiger partial charge on any atom is 0.294 e. The molecule has 0 aromatic heterocycles. The van der Waals surface area contributed by atoms with E-state index in [1.54, 1.807) is 24.3 Å². The molecule has 0 amide bonds. The maximum atomic E-state index is 11.3. The van der Waals surface area contributed by atoms with Crippen molar-refractivity contribution in [3.05, 3.63) is 60.7 Å². The molecule has 0 bridgehead atoms. The quantitative estimate of drug-likeness (QED) is 0.282. The molecule has 161 valence electrons. The number of aromatic hydroxyl groups is 1. The van der Waals surface area contributed by atoms with Gasteiger partial charge in [-0.05, 0) is 42.5 Å². The van der Waals surface area contributed by atoms with Crippen LogP contribution in [-0.4, -0.2) is 61.9 Å². The van der Waals surface area contributed by atoms with Crippen LogP contribution in [0.15, 0.2) is 86.0 Å². The fourth-order valence-electron chi connectivity index (χ4n) is 2.47.